The van der Waals surface area contributed by atoms with Crippen molar-refractivity contribution in [2.24, 2.45) is 0 Å². The average Bonchev–Trinajstić information content (AvgIpc) is 2.72. The van der Waals surface area contributed by atoms with Gasteiger partial charge < -0.3 is 39.8 Å². The van der Waals surface area contributed by atoms with E-state index in [4.69, 9.17) is 39.8 Å². The summed E-state index contributed by atoms with van der Waals surface area (Å²) >= 11 is 0. The first-order chi connectivity index (χ1) is 13.3. The van der Waals surface area contributed by atoms with E-state index in [-0.39, 0.29) is 5.16 Å². The zero-order chi connectivity index (χ0) is 22.3. The van der Waals surface area contributed by atoms with Crippen LogP contribution in [0.3, 0.4) is 0 Å². The van der Waals surface area contributed by atoms with Crippen molar-refractivity contribution in [3.63, 3.8) is 0 Å². The van der Waals surface area contributed by atoms with Gasteiger partial charge in [0, 0.05) is 68.5 Å². The van der Waals surface area contributed by atoms with Gasteiger partial charge in [0.2, 0.25) is 0 Å². The lowest BCUT2D eigenvalue weighted by Crippen LogP contribution is -2.61. The molecule has 28 heavy (non-hydrogen) atoms. The molecule has 0 aliphatic heterocycles. The van der Waals surface area contributed by atoms with Crippen LogP contribution in [-0.4, -0.2) is 88.9 Å². The van der Waals surface area contributed by atoms with Crippen LogP contribution in [0.1, 0.15) is 34.6 Å². The van der Waals surface area contributed by atoms with Crippen molar-refractivity contribution < 1.29 is 39.8 Å². The standard InChI is InChI=1S/C8H22O6Si2.C8H20O3Si/c1-8(15(9-2,10-3)11-4)16(12-5,13-6)14-7;1-5-9-12(8-4,10-6-2)11-7-3/h8H,1-7H3;5-8H2,1-4H3. The lowest BCUT2D eigenvalue weighted by atomic mass is 10.9. The Morgan fingerprint density at radius 3 is 0.929 bits per heavy atom. The maximum Gasteiger partial charge on any atom is 0.507 e. The predicted molar refractivity (Wildman–Crippen MR) is 114 cm³/mol. The lowest BCUT2D eigenvalue weighted by Gasteiger charge is -2.37. The van der Waals surface area contributed by atoms with Gasteiger partial charge in [0.05, 0.1) is 5.16 Å². The SMILES string of the molecule is CCO[Si](CC)(OCC)OCC.CO[Si](OC)(OC)C(C)[Si](OC)(OC)OC. The summed E-state index contributed by atoms with van der Waals surface area (Å²) in [4.78, 5) is 0. The highest BCUT2D eigenvalue weighted by Gasteiger charge is 2.61. The van der Waals surface area contributed by atoms with Crippen molar-refractivity contribution in [3.05, 3.63) is 0 Å². The molecule has 0 atom stereocenters. The molecule has 0 fully saturated rings. The summed E-state index contributed by atoms with van der Waals surface area (Å²) in [6, 6.07) is 0.850. The first kappa shape index (κ1) is 30.5. The van der Waals surface area contributed by atoms with Crippen LogP contribution >= 0.6 is 0 Å². The number of rotatable bonds is 15. The average molecular weight is 463 g/mol. The molecule has 172 valence electrons. The van der Waals surface area contributed by atoms with E-state index < -0.39 is 26.4 Å². The number of hydrogen-bond acceptors (Lipinski definition) is 9. The molecule has 0 aromatic rings. The molecule has 0 heterocycles. The van der Waals surface area contributed by atoms with Crippen molar-refractivity contribution in [2.45, 2.75) is 45.8 Å². The van der Waals surface area contributed by atoms with Crippen molar-refractivity contribution >= 4 is 26.4 Å². The zero-order valence-corrected chi connectivity index (χ0v) is 22.6. The van der Waals surface area contributed by atoms with Crippen molar-refractivity contribution in [1.82, 2.24) is 0 Å². The Kier molecular flexibility index (Phi) is 17.5. The van der Waals surface area contributed by atoms with Crippen LogP contribution in [0, 0.1) is 0 Å². The summed E-state index contributed by atoms with van der Waals surface area (Å²) in [7, 11) is 1.37. The van der Waals surface area contributed by atoms with E-state index in [0.717, 1.165) is 6.04 Å². The molecule has 0 radical (unpaired) electrons. The van der Waals surface area contributed by atoms with Gasteiger partial charge in [-0.1, -0.05) is 13.8 Å². The van der Waals surface area contributed by atoms with Gasteiger partial charge in [-0.25, -0.2) is 0 Å². The summed E-state index contributed by atoms with van der Waals surface area (Å²) in [6.45, 7) is 11.8. The van der Waals surface area contributed by atoms with Gasteiger partial charge in [-0.15, -0.1) is 0 Å². The largest absolute Gasteiger partial charge is 0.507 e. The van der Waals surface area contributed by atoms with Gasteiger partial charge in [-0.2, -0.15) is 0 Å². The molecule has 0 spiro atoms. The van der Waals surface area contributed by atoms with E-state index in [1.54, 1.807) is 42.7 Å². The van der Waals surface area contributed by atoms with Gasteiger partial charge in [0.25, 0.3) is 0 Å². The van der Waals surface area contributed by atoms with Gasteiger partial charge in [0.1, 0.15) is 0 Å². The van der Waals surface area contributed by atoms with Crippen LogP contribution in [0.4, 0.5) is 0 Å². The van der Waals surface area contributed by atoms with E-state index in [2.05, 4.69) is 0 Å². The van der Waals surface area contributed by atoms with Crippen LogP contribution in [0.25, 0.3) is 0 Å². The van der Waals surface area contributed by atoms with E-state index >= 15 is 0 Å². The zero-order valence-electron chi connectivity index (χ0n) is 19.6. The Bertz CT molecular complexity index is 316. The van der Waals surface area contributed by atoms with E-state index in [1.807, 2.05) is 34.6 Å². The normalized spacial score (nSPS) is 12.9. The Morgan fingerprint density at radius 1 is 0.536 bits per heavy atom. The minimum absolute atomic E-state index is 0.208. The third-order valence-electron chi connectivity index (χ3n) is 4.29. The molecule has 0 saturated carbocycles. The Hall–Kier alpha value is 0.291. The molecule has 0 bridgehead atoms. The summed E-state index contributed by atoms with van der Waals surface area (Å²) in [6.07, 6.45) is 0. The third kappa shape index (κ3) is 8.20. The topological polar surface area (TPSA) is 83.1 Å². The smallest absolute Gasteiger partial charge is 0.377 e. The van der Waals surface area contributed by atoms with E-state index in [9.17, 15) is 0 Å². The fourth-order valence-electron chi connectivity index (χ4n) is 2.87. The van der Waals surface area contributed by atoms with E-state index in [0.29, 0.717) is 19.8 Å². The molecule has 0 rings (SSSR count). The van der Waals surface area contributed by atoms with Gasteiger partial charge in [0.15, 0.2) is 0 Å². The van der Waals surface area contributed by atoms with Crippen LogP contribution in [-0.2, 0) is 39.8 Å². The molecule has 0 aromatic heterocycles. The summed E-state index contributed by atoms with van der Waals surface area (Å²) in [5.41, 5.74) is 0. The Morgan fingerprint density at radius 2 is 0.786 bits per heavy atom. The quantitative estimate of drug-likeness (QED) is 0.341. The molecule has 0 saturated heterocycles. The second-order valence-electron chi connectivity index (χ2n) is 5.49. The molecule has 0 aromatic carbocycles. The first-order valence-electron chi connectivity index (χ1n) is 9.49. The van der Waals surface area contributed by atoms with Crippen molar-refractivity contribution in [1.29, 1.82) is 0 Å². The molecule has 0 amide bonds. The van der Waals surface area contributed by atoms with Gasteiger partial charge in [-0.05, 0) is 20.8 Å². The van der Waals surface area contributed by atoms with E-state index in [1.165, 1.54) is 0 Å². The van der Waals surface area contributed by atoms with Gasteiger partial charge in [-0.3, -0.25) is 0 Å². The minimum Gasteiger partial charge on any atom is -0.377 e. The maximum atomic E-state index is 5.55. The predicted octanol–water partition coefficient (Wildman–Crippen LogP) is 2.73. The van der Waals surface area contributed by atoms with Crippen LogP contribution in [0.2, 0.25) is 11.2 Å². The minimum atomic E-state index is -2.83. The molecule has 9 nitrogen and oxygen atoms in total. The molecule has 12 heteroatoms. The molecular weight excluding hydrogens is 420 g/mol. The van der Waals surface area contributed by atoms with Crippen LogP contribution in [0.15, 0.2) is 0 Å². The summed E-state index contributed by atoms with van der Waals surface area (Å²) < 4.78 is 49.1. The Labute approximate surface area is 174 Å². The lowest BCUT2D eigenvalue weighted by molar-refractivity contribution is 0.0725. The van der Waals surface area contributed by atoms with Crippen LogP contribution in [0.5, 0.6) is 0 Å². The fraction of sp³-hybridized carbons (Fsp3) is 1.00. The third-order valence-corrected chi connectivity index (χ3v) is 15.0. The molecule has 0 aliphatic rings. The molecule has 0 N–H and O–H groups in total. The first-order valence-corrected chi connectivity index (χ1v) is 15.0. The van der Waals surface area contributed by atoms with Crippen LogP contribution < -0.4 is 0 Å². The summed E-state index contributed by atoms with van der Waals surface area (Å²) in [5, 5.41) is -0.208. The fourth-order valence-corrected chi connectivity index (χ4v) is 12.0. The summed E-state index contributed by atoms with van der Waals surface area (Å²) in [5.74, 6) is 0. The Balaban J connectivity index is 0. The van der Waals surface area contributed by atoms with Gasteiger partial charge >= 0.3 is 26.4 Å². The second kappa shape index (κ2) is 16.0. The highest BCUT2D eigenvalue weighted by atomic mass is 28.5. The molecule has 0 unspecified atom stereocenters. The second-order valence-corrected chi connectivity index (χ2v) is 15.6. The monoisotopic (exact) mass is 462 g/mol. The number of hydrogen-bond donors (Lipinski definition) is 0. The molecule has 0 aliphatic carbocycles. The van der Waals surface area contributed by atoms with Crippen molar-refractivity contribution in [2.75, 3.05) is 62.5 Å². The highest BCUT2D eigenvalue weighted by molar-refractivity contribution is 6.82. The molecular formula is C16H42O9Si3. The maximum absolute atomic E-state index is 5.55. The highest BCUT2D eigenvalue weighted by Crippen LogP contribution is 2.34. The van der Waals surface area contributed by atoms with Crippen molar-refractivity contribution in [3.8, 4) is 0 Å².